The van der Waals surface area contributed by atoms with Crippen LogP contribution in [0.5, 0.6) is 0 Å². The molecule has 2 N–H and O–H groups in total. The molecular weight excluding hydrogens is 254 g/mol. The highest BCUT2D eigenvalue weighted by Gasteiger charge is 2.14. The van der Waals surface area contributed by atoms with Crippen LogP contribution in [0.1, 0.15) is 12.8 Å². The Balaban J connectivity index is 1.91. The Labute approximate surface area is 118 Å². The van der Waals surface area contributed by atoms with E-state index >= 15 is 0 Å². The van der Waals surface area contributed by atoms with Gasteiger partial charge < -0.3 is 15.5 Å². The quantitative estimate of drug-likeness (QED) is 0.646. The lowest BCUT2D eigenvalue weighted by atomic mass is 10.2. The monoisotopic (exact) mass is 273 g/mol. The molecule has 0 atom stereocenters. The van der Waals surface area contributed by atoms with Crippen LogP contribution in [0.2, 0.25) is 0 Å². The van der Waals surface area contributed by atoms with Crippen molar-refractivity contribution in [2.45, 2.75) is 12.8 Å². The molecule has 1 saturated heterocycles. The Morgan fingerprint density at radius 1 is 1.15 bits per heavy atom. The van der Waals surface area contributed by atoms with E-state index in [4.69, 9.17) is 0 Å². The van der Waals surface area contributed by atoms with Gasteiger partial charge in [-0.2, -0.15) is 0 Å². The summed E-state index contributed by atoms with van der Waals surface area (Å²) >= 11 is 0. The lowest BCUT2D eigenvalue weighted by molar-refractivity contribution is -0.136. The second-order valence-corrected chi connectivity index (χ2v) is 4.69. The minimum atomic E-state index is -0.666. The van der Waals surface area contributed by atoms with Gasteiger partial charge in [-0.3, -0.25) is 9.59 Å². The molecule has 20 heavy (non-hydrogen) atoms. The van der Waals surface area contributed by atoms with E-state index in [9.17, 15) is 9.59 Å². The molecule has 106 valence electrons. The fourth-order valence-corrected chi connectivity index (χ4v) is 2.16. The third-order valence-corrected chi connectivity index (χ3v) is 3.21. The maximum Gasteiger partial charge on any atom is 0.313 e. The Morgan fingerprint density at radius 3 is 2.40 bits per heavy atom. The van der Waals surface area contributed by atoms with Crippen LogP contribution in [-0.2, 0) is 9.59 Å². The standard InChI is InChI=1S/C15H19N3O2/c1-2-9-16-14(19)15(20)17-12-5-7-13(8-6-12)18-10-3-4-11-18/h2,5-8H,1,3-4,9-11H2,(H,16,19)(H,17,20). The zero-order valence-corrected chi connectivity index (χ0v) is 11.4. The Hall–Kier alpha value is -2.30. The first-order valence-electron chi connectivity index (χ1n) is 6.76. The van der Waals surface area contributed by atoms with Crippen molar-refractivity contribution < 1.29 is 9.59 Å². The number of anilines is 2. The number of nitrogens with zero attached hydrogens (tertiary/aromatic N) is 1. The number of amides is 2. The average Bonchev–Trinajstić information content (AvgIpc) is 2.99. The molecule has 0 spiro atoms. The summed E-state index contributed by atoms with van der Waals surface area (Å²) < 4.78 is 0. The van der Waals surface area contributed by atoms with Gasteiger partial charge in [-0.1, -0.05) is 6.08 Å². The van der Waals surface area contributed by atoms with Crippen LogP contribution in [0.3, 0.4) is 0 Å². The predicted molar refractivity (Wildman–Crippen MR) is 79.7 cm³/mol. The van der Waals surface area contributed by atoms with E-state index in [0.717, 1.165) is 18.8 Å². The molecule has 5 nitrogen and oxygen atoms in total. The van der Waals surface area contributed by atoms with Gasteiger partial charge in [0.15, 0.2) is 0 Å². The van der Waals surface area contributed by atoms with E-state index in [2.05, 4.69) is 22.1 Å². The van der Waals surface area contributed by atoms with Crippen LogP contribution in [0.4, 0.5) is 11.4 Å². The van der Waals surface area contributed by atoms with Crippen molar-refractivity contribution in [2.24, 2.45) is 0 Å². The third-order valence-electron chi connectivity index (χ3n) is 3.21. The minimum Gasteiger partial charge on any atom is -0.372 e. The van der Waals surface area contributed by atoms with Gasteiger partial charge in [0.25, 0.3) is 0 Å². The molecule has 1 fully saturated rings. The lowest BCUT2D eigenvalue weighted by Crippen LogP contribution is -2.35. The zero-order valence-electron chi connectivity index (χ0n) is 11.4. The largest absolute Gasteiger partial charge is 0.372 e. The topological polar surface area (TPSA) is 61.4 Å². The summed E-state index contributed by atoms with van der Waals surface area (Å²) in [6.07, 6.45) is 3.97. The van der Waals surface area contributed by atoms with E-state index < -0.39 is 11.8 Å². The number of nitrogens with one attached hydrogen (secondary N) is 2. The van der Waals surface area contributed by atoms with Gasteiger partial charge >= 0.3 is 11.8 Å². The number of carbonyl (C=O) groups is 2. The second kappa shape index (κ2) is 6.75. The molecule has 2 amide bonds. The number of benzene rings is 1. The molecule has 1 heterocycles. The van der Waals surface area contributed by atoms with Crippen molar-refractivity contribution in [3.63, 3.8) is 0 Å². The SMILES string of the molecule is C=CCNC(=O)C(=O)Nc1ccc(N2CCCC2)cc1. The van der Waals surface area contributed by atoms with E-state index in [1.165, 1.54) is 18.9 Å². The zero-order chi connectivity index (χ0) is 14.4. The van der Waals surface area contributed by atoms with Gasteiger partial charge in [-0.25, -0.2) is 0 Å². The van der Waals surface area contributed by atoms with E-state index in [-0.39, 0.29) is 6.54 Å². The summed E-state index contributed by atoms with van der Waals surface area (Å²) in [5, 5.41) is 5.00. The van der Waals surface area contributed by atoms with Crippen molar-refractivity contribution in [1.29, 1.82) is 0 Å². The Kier molecular flexibility index (Phi) is 4.76. The first-order chi connectivity index (χ1) is 9.70. The molecule has 1 aliphatic rings. The normalized spacial score (nSPS) is 13.9. The van der Waals surface area contributed by atoms with Crippen LogP contribution in [-0.4, -0.2) is 31.4 Å². The molecule has 0 radical (unpaired) electrons. The second-order valence-electron chi connectivity index (χ2n) is 4.69. The van der Waals surface area contributed by atoms with Crippen molar-refractivity contribution in [3.8, 4) is 0 Å². The molecule has 2 rings (SSSR count). The summed E-state index contributed by atoms with van der Waals surface area (Å²) in [7, 11) is 0. The molecule has 0 saturated carbocycles. The van der Waals surface area contributed by atoms with Crippen LogP contribution < -0.4 is 15.5 Å². The molecule has 0 aromatic heterocycles. The van der Waals surface area contributed by atoms with Gasteiger partial charge in [-0.15, -0.1) is 6.58 Å². The smallest absolute Gasteiger partial charge is 0.313 e. The van der Waals surface area contributed by atoms with Gasteiger partial charge in [0.05, 0.1) is 0 Å². The van der Waals surface area contributed by atoms with Crippen LogP contribution in [0.15, 0.2) is 36.9 Å². The highest BCUT2D eigenvalue weighted by molar-refractivity contribution is 6.39. The van der Waals surface area contributed by atoms with Crippen LogP contribution in [0.25, 0.3) is 0 Å². The summed E-state index contributed by atoms with van der Waals surface area (Å²) in [6.45, 7) is 5.91. The number of hydrogen-bond donors (Lipinski definition) is 2. The van der Waals surface area contributed by atoms with E-state index in [1.54, 1.807) is 0 Å². The maximum absolute atomic E-state index is 11.6. The Morgan fingerprint density at radius 2 is 1.80 bits per heavy atom. The average molecular weight is 273 g/mol. The fraction of sp³-hybridized carbons (Fsp3) is 0.333. The molecule has 5 heteroatoms. The van der Waals surface area contributed by atoms with Crippen molar-refractivity contribution in [1.82, 2.24) is 5.32 Å². The molecule has 1 aromatic rings. The molecule has 1 aromatic carbocycles. The van der Waals surface area contributed by atoms with E-state index in [1.807, 2.05) is 24.3 Å². The van der Waals surface area contributed by atoms with E-state index in [0.29, 0.717) is 5.69 Å². The van der Waals surface area contributed by atoms with Crippen LogP contribution in [0, 0.1) is 0 Å². The highest BCUT2D eigenvalue weighted by atomic mass is 16.2. The van der Waals surface area contributed by atoms with Crippen LogP contribution >= 0.6 is 0 Å². The van der Waals surface area contributed by atoms with Gasteiger partial charge in [-0.05, 0) is 37.1 Å². The summed E-state index contributed by atoms with van der Waals surface area (Å²) in [5.41, 5.74) is 1.77. The number of hydrogen-bond acceptors (Lipinski definition) is 3. The van der Waals surface area contributed by atoms with Crippen molar-refractivity contribution >= 4 is 23.2 Å². The van der Waals surface area contributed by atoms with Gasteiger partial charge in [0, 0.05) is 31.0 Å². The predicted octanol–water partition coefficient (Wildman–Crippen LogP) is 1.53. The Bertz CT molecular complexity index is 490. The molecule has 1 aliphatic heterocycles. The highest BCUT2D eigenvalue weighted by Crippen LogP contribution is 2.21. The minimum absolute atomic E-state index is 0.278. The molecule has 0 bridgehead atoms. The van der Waals surface area contributed by atoms with Crippen molar-refractivity contribution in [2.75, 3.05) is 29.9 Å². The summed E-state index contributed by atoms with van der Waals surface area (Å²) in [5.74, 6) is -1.32. The molecular formula is C15H19N3O2. The van der Waals surface area contributed by atoms with Gasteiger partial charge in [0.1, 0.15) is 0 Å². The lowest BCUT2D eigenvalue weighted by Gasteiger charge is -2.17. The van der Waals surface area contributed by atoms with Crippen molar-refractivity contribution in [3.05, 3.63) is 36.9 Å². The summed E-state index contributed by atoms with van der Waals surface area (Å²) in [4.78, 5) is 25.3. The molecule has 0 unspecified atom stereocenters. The molecule has 0 aliphatic carbocycles. The maximum atomic E-state index is 11.6. The first-order valence-corrected chi connectivity index (χ1v) is 6.76. The number of carbonyl (C=O) groups excluding carboxylic acids is 2. The fourth-order valence-electron chi connectivity index (χ4n) is 2.16. The number of rotatable bonds is 4. The third kappa shape index (κ3) is 3.60. The first kappa shape index (κ1) is 14.1. The summed E-state index contributed by atoms with van der Waals surface area (Å²) in [6, 6.07) is 7.55. The van der Waals surface area contributed by atoms with Gasteiger partial charge in [0.2, 0.25) is 0 Å².